The summed E-state index contributed by atoms with van der Waals surface area (Å²) in [4.78, 5) is 19.2. The minimum Gasteiger partial charge on any atom is -0.485 e. The first kappa shape index (κ1) is 16.8. The highest BCUT2D eigenvalue weighted by molar-refractivity contribution is 5.82. The standard InChI is InChI=1S/C21H19N3O4/c25-21(19-12-26-17-8-4-5-9-18(17)28-19)24-10-15(14-6-2-1-3-7-14)16(11-24)20-22-13-27-23-20/h1-9,13,15-16,19H,10-12H2/t15-,16-,19-/m0/s1. The fourth-order valence-corrected chi connectivity index (χ4v) is 3.97. The number of likely N-dealkylation sites (tertiary alicyclic amines) is 1. The first-order valence-electron chi connectivity index (χ1n) is 9.28. The van der Waals surface area contributed by atoms with Crippen molar-refractivity contribution in [2.24, 2.45) is 0 Å². The van der Waals surface area contributed by atoms with Crippen LogP contribution in [0.25, 0.3) is 0 Å². The van der Waals surface area contributed by atoms with Crippen molar-refractivity contribution in [3.05, 3.63) is 72.4 Å². The number of aromatic nitrogens is 2. The summed E-state index contributed by atoms with van der Waals surface area (Å²) in [5.74, 6) is 1.87. The largest absolute Gasteiger partial charge is 0.485 e. The second kappa shape index (κ2) is 6.99. The van der Waals surface area contributed by atoms with E-state index in [-0.39, 0.29) is 24.3 Å². The van der Waals surface area contributed by atoms with Crippen LogP contribution < -0.4 is 9.47 Å². The van der Waals surface area contributed by atoms with Crippen molar-refractivity contribution < 1.29 is 18.8 Å². The maximum atomic E-state index is 13.2. The molecule has 7 heteroatoms. The molecule has 1 aromatic heterocycles. The Bertz CT molecular complexity index is 961. The van der Waals surface area contributed by atoms with E-state index in [1.165, 1.54) is 6.39 Å². The molecule has 3 aromatic rings. The average molecular weight is 377 g/mol. The maximum absolute atomic E-state index is 13.2. The number of ether oxygens (including phenoxy) is 2. The van der Waals surface area contributed by atoms with Gasteiger partial charge in [0, 0.05) is 24.9 Å². The number of hydrogen-bond acceptors (Lipinski definition) is 6. The molecule has 0 N–H and O–H groups in total. The van der Waals surface area contributed by atoms with Crippen molar-refractivity contribution in [3.8, 4) is 11.5 Å². The summed E-state index contributed by atoms with van der Waals surface area (Å²) in [5.41, 5.74) is 1.15. The van der Waals surface area contributed by atoms with Gasteiger partial charge in [0.25, 0.3) is 5.91 Å². The van der Waals surface area contributed by atoms with Gasteiger partial charge < -0.3 is 18.9 Å². The summed E-state index contributed by atoms with van der Waals surface area (Å²) in [7, 11) is 0. The Labute approximate surface area is 161 Å². The second-order valence-corrected chi connectivity index (χ2v) is 7.02. The van der Waals surface area contributed by atoms with Gasteiger partial charge in [0.1, 0.15) is 6.61 Å². The lowest BCUT2D eigenvalue weighted by Gasteiger charge is -2.28. The van der Waals surface area contributed by atoms with Crippen LogP contribution in [-0.4, -0.2) is 46.7 Å². The molecule has 1 saturated heterocycles. The SMILES string of the molecule is O=C([C@@H]1COc2ccccc2O1)N1C[C@H](c2ncon2)[C@H](c2ccccc2)C1. The van der Waals surface area contributed by atoms with E-state index in [0.29, 0.717) is 30.4 Å². The van der Waals surface area contributed by atoms with Gasteiger partial charge in [-0.2, -0.15) is 4.98 Å². The number of rotatable bonds is 3. The van der Waals surface area contributed by atoms with Crippen molar-refractivity contribution in [2.75, 3.05) is 19.7 Å². The molecule has 5 rings (SSSR count). The Kier molecular flexibility index (Phi) is 4.20. The lowest BCUT2D eigenvalue weighted by Crippen LogP contribution is -2.45. The van der Waals surface area contributed by atoms with Crippen LogP contribution in [0.15, 0.2) is 65.5 Å². The molecule has 0 radical (unpaired) electrons. The molecular formula is C21H19N3O4. The molecule has 3 heterocycles. The van der Waals surface area contributed by atoms with Gasteiger partial charge in [0.15, 0.2) is 17.3 Å². The lowest BCUT2D eigenvalue weighted by atomic mass is 9.88. The third-order valence-electron chi connectivity index (χ3n) is 5.35. The van der Waals surface area contributed by atoms with Crippen LogP contribution in [0, 0.1) is 0 Å². The highest BCUT2D eigenvalue weighted by atomic mass is 16.6. The van der Waals surface area contributed by atoms with Gasteiger partial charge in [-0.3, -0.25) is 4.79 Å². The molecule has 0 spiro atoms. The van der Waals surface area contributed by atoms with Crippen LogP contribution in [0.1, 0.15) is 23.2 Å². The molecule has 7 nitrogen and oxygen atoms in total. The Morgan fingerprint density at radius 1 is 0.964 bits per heavy atom. The zero-order valence-corrected chi connectivity index (χ0v) is 15.1. The van der Waals surface area contributed by atoms with Gasteiger partial charge in [0.2, 0.25) is 12.5 Å². The van der Waals surface area contributed by atoms with E-state index in [2.05, 4.69) is 22.3 Å². The van der Waals surface area contributed by atoms with Crippen LogP contribution in [0.4, 0.5) is 0 Å². The summed E-state index contributed by atoms with van der Waals surface area (Å²) in [6, 6.07) is 17.5. The smallest absolute Gasteiger partial charge is 0.267 e. The maximum Gasteiger partial charge on any atom is 0.267 e. The van der Waals surface area contributed by atoms with E-state index in [9.17, 15) is 4.79 Å². The van der Waals surface area contributed by atoms with Crippen molar-refractivity contribution in [3.63, 3.8) is 0 Å². The quantitative estimate of drug-likeness (QED) is 0.698. The van der Waals surface area contributed by atoms with Gasteiger partial charge in [0.05, 0.1) is 0 Å². The van der Waals surface area contributed by atoms with Gasteiger partial charge in [-0.25, -0.2) is 0 Å². The molecule has 2 aromatic carbocycles. The van der Waals surface area contributed by atoms with Crippen LogP contribution in [0.5, 0.6) is 11.5 Å². The van der Waals surface area contributed by atoms with E-state index >= 15 is 0 Å². The molecule has 1 amide bonds. The van der Waals surface area contributed by atoms with E-state index in [1.807, 2.05) is 47.4 Å². The highest BCUT2D eigenvalue weighted by Crippen LogP contribution is 2.39. The second-order valence-electron chi connectivity index (χ2n) is 7.02. The number of carbonyl (C=O) groups excluding carboxylic acids is 1. The normalized spacial score (nSPS) is 23.6. The molecule has 3 atom stereocenters. The molecular weight excluding hydrogens is 358 g/mol. The Hall–Kier alpha value is -3.35. The van der Waals surface area contributed by atoms with Crippen molar-refractivity contribution >= 4 is 5.91 Å². The van der Waals surface area contributed by atoms with Crippen LogP contribution >= 0.6 is 0 Å². The summed E-state index contributed by atoms with van der Waals surface area (Å²) in [6.45, 7) is 1.29. The van der Waals surface area contributed by atoms with Crippen molar-refractivity contribution in [1.82, 2.24) is 15.0 Å². The Balaban J connectivity index is 1.38. The number of benzene rings is 2. The van der Waals surface area contributed by atoms with Crippen LogP contribution in [-0.2, 0) is 4.79 Å². The molecule has 2 aliphatic heterocycles. The Morgan fingerprint density at radius 2 is 1.71 bits per heavy atom. The van der Waals surface area contributed by atoms with E-state index < -0.39 is 6.10 Å². The summed E-state index contributed by atoms with van der Waals surface area (Å²) in [5, 5.41) is 4.03. The molecule has 2 aliphatic rings. The number of para-hydroxylation sites is 2. The molecule has 0 unspecified atom stereocenters. The molecule has 0 bridgehead atoms. The third-order valence-corrected chi connectivity index (χ3v) is 5.35. The average Bonchev–Trinajstić information content (AvgIpc) is 3.43. The molecule has 0 saturated carbocycles. The monoisotopic (exact) mass is 377 g/mol. The van der Waals surface area contributed by atoms with Gasteiger partial charge in [-0.15, -0.1) is 0 Å². The first-order valence-corrected chi connectivity index (χ1v) is 9.28. The van der Waals surface area contributed by atoms with E-state index in [4.69, 9.17) is 14.0 Å². The van der Waals surface area contributed by atoms with Gasteiger partial charge in [-0.1, -0.05) is 47.6 Å². The first-order chi connectivity index (χ1) is 13.8. The zero-order chi connectivity index (χ0) is 18.9. The number of nitrogens with zero attached hydrogens (tertiary/aromatic N) is 3. The lowest BCUT2D eigenvalue weighted by molar-refractivity contribution is -0.140. The topological polar surface area (TPSA) is 77.7 Å². The molecule has 28 heavy (non-hydrogen) atoms. The van der Waals surface area contributed by atoms with Crippen LogP contribution in [0.3, 0.4) is 0 Å². The molecule has 0 aliphatic carbocycles. The minimum absolute atomic E-state index is 0.0260. The summed E-state index contributed by atoms with van der Waals surface area (Å²) < 4.78 is 16.6. The zero-order valence-electron chi connectivity index (χ0n) is 15.1. The molecule has 142 valence electrons. The number of fused-ring (bicyclic) bond motifs is 1. The summed E-state index contributed by atoms with van der Waals surface area (Å²) >= 11 is 0. The van der Waals surface area contributed by atoms with Gasteiger partial charge >= 0.3 is 0 Å². The fraction of sp³-hybridized carbons (Fsp3) is 0.286. The summed E-state index contributed by atoms with van der Waals surface area (Å²) in [6.07, 6.45) is 0.673. The number of hydrogen-bond donors (Lipinski definition) is 0. The minimum atomic E-state index is -0.657. The van der Waals surface area contributed by atoms with Crippen molar-refractivity contribution in [1.29, 1.82) is 0 Å². The highest BCUT2D eigenvalue weighted by Gasteiger charge is 2.42. The fourth-order valence-electron chi connectivity index (χ4n) is 3.97. The number of amides is 1. The molecule has 1 fully saturated rings. The predicted octanol–water partition coefficient (Wildman–Crippen LogP) is 2.62. The number of carbonyl (C=O) groups is 1. The van der Waals surface area contributed by atoms with E-state index in [1.54, 1.807) is 0 Å². The van der Waals surface area contributed by atoms with E-state index in [0.717, 1.165) is 5.56 Å². The van der Waals surface area contributed by atoms with Gasteiger partial charge in [-0.05, 0) is 17.7 Å². The predicted molar refractivity (Wildman–Crippen MR) is 99.2 cm³/mol. The Morgan fingerprint density at radius 3 is 2.50 bits per heavy atom. The van der Waals surface area contributed by atoms with Crippen LogP contribution in [0.2, 0.25) is 0 Å². The third kappa shape index (κ3) is 2.98. The van der Waals surface area contributed by atoms with Crippen molar-refractivity contribution in [2.45, 2.75) is 17.9 Å².